The quantitative estimate of drug-likeness (QED) is 0.657. The van der Waals surface area contributed by atoms with E-state index in [0.29, 0.717) is 42.4 Å². The average Bonchev–Trinajstić information content (AvgIpc) is 3.39. The molecule has 4 heterocycles. The van der Waals surface area contributed by atoms with E-state index < -0.39 is 0 Å². The van der Waals surface area contributed by atoms with Crippen LogP contribution in [-0.2, 0) is 11.3 Å². The maximum absolute atomic E-state index is 12.0. The van der Waals surface area contributed by atoms with Gasteiger partial charge in [-0.3, -0.25) is 4.79 Å². The molecule has 1 saturated heterocycles. The lowest BCUT2D eigenvalue weighted by atomic mass is 10.1. The number of thiophene rings is 1. The molecule has 0 aliphatic carbocycles. The van der Waals surface area contributed by atoms with Gasteiger partial charge in [0.25, 0.3) is 0 Å². The molecule has 1 N–H and O–H groups in total. The number of carbonyl (C=O) groups excluding carboxylic acids is 1. The third-order valence-electron chi connectivity index (χ3n) is 4.68. The molecule has 0 radical (unpaired) electrons. The molecule has 0 aromatic carbocycles. The molecule has 0 spiro atoms. The number of carbonyl (C=O) groups is 1. The van der Waals surface area contributed by atoms with Crippen molar-refractivity contribution in [2.45, 2.75) is 19.9 Å². The van der Waals surface area contributed by atoms with Crippen molar-refractivity contribution in [3.05, 3.63) is 22.4 Å². The van der Waals surface area contributed by atoms with Gasteiger partial charge in [0, 0.05) is 43.9 Å². The zero-order valence-corrected chi connectivity index (χ0v) is 16.1. The molecule has 1 fully saturated rings. The van der Waals surface area contributed by atoms with E-state index in [2.05, 4.69) is 31.7 Å². The second kappa shape index (κ2) is 7.47. The normalized spacial score (nSPS) is 17.0. The molecule has 9 nitrogen and oxygen atoms in total. The van der Waals surface area contributed by atoms with Gasteiger partial charge in [-0.15, -0.1) is 11.3 Å². The van der Waals surface area contributed by atoms with E-state index in [1.807, 2.05) is 35.2 Å². The minimum Gasteiger partial charge on any atom is -0.362 e. The number of amides is 1. The molecular formula is C17H21N7O2S. The lowest BCUT2D eigenvalue weighted by molar-refractivity contribution is -0.127. The van der Waals surface area contributed by atoms with E-state index in [9.17, 15) is 4.79 Å². The van der Waals surface area contributed by atoms with Crippen molar-refractivity contribution in [2.75, 3.05) is 36.9 Å². The molecule has 10 heteroatoms. The van der Waals surface area contributed by atoms with Crippen molar-refractivity contribution in [2.24, 2.45) is 5.92 Å². The second-order valence-electron chi connectivity index (χ2n) is 6.62. The zero-order chi connectivity index (χ0) is 18.8. The Balaban J connectivity index is 1.55. The third-order valence-corrected chi connectivity index (χ3v) is 5.55. The summed E-state index contributed by atoms with van der Waals surface area (Å²) < 4.78 is 4.76. The number of aromatic nitrogens is 4. The van der Waals surface area contributed by atoms with Gasteiger partial charge in [-0.05, 0) is 28.7 Å². The summed E-state index contributed by atoms with van der Waals surface area (Å²) in [5, 5.41) is 13.0. The van der Waals surface area contributed by atoms with Crippen LogP contribution in [0, 0.1) is 5.92 Å². The first-order chi connectivity index (χ1) is 13.1. The lowest BCUT2D eigenvalue weighted by Crippen LogP contribution is -2.30. The van der Waals surface area contributed by atoms with E-state index in [1.54, 1.807) is 11.3 Å². The van der Waals surface area contributed by atoms with Crippen LogP contribution >= 0.6 is 11.3 Å². The highest BCUT2D eigenvalue weighted by Crippen LogP contribution is 2.26. The summed E-state index contributed by atoms with van der Waals surface area (Å²) in [7, 11) is 1.96. The Bertz CT molecular complexity index is 927. The summed E-state index contributed by atoms with van der Waals surface area (Å²) in [5.74, 6) is 1.79. The number of fused-ring (bicyclic) bond motifs is 1. The van der Waals surface area contributed by atoms with Gasteiger partial charge >= 0.3 is 0 Å². The molecule has 3 aromatic rings. The Morgan fingerprint density at radius 3 is 2.89 bits per heavy atom. The Hall–Kier alpha value is -2.75. The Morgan fingerprint density at radius 2 is 2.19 bits per heavy atom. The van der Waals surface area contributed by atoms with E-state index >= 15 is 0 Å². The first-order valence-corrected chi connectivity index (χ1v) is 9.77. The minimum atomic E-state index is 0.217. The summed E-state index contributed by atoms with van der Waals surface area (Å²) in [5.41, 5.74) is 0.741. The van der Waals surface area contributed by atoms with Crippen LogP contribution < -0.4 is 10.2 Å². The van der Waals surface area contributed by atoms with Crippen LogP contribution in [0.25, 0.3) is 11.3 Å². The highest BCUT2D eigenvalue weighted by Gasteiger charge is 2.30. The molecular weight excluding hydrogens is 366 g/mol. The molecule has 3 aromatic heterocycles. The van der Waals surface area contributed by atoms with Gasteiger partial charge in [0.1, 0.15) is 0 Å². The van der Waals surface area contributed by atoms with Gasteiger partial charge in [0.05, 0.1) is 6.54 Å². The van der Waals surface area contributed by atoms with Crippen LogP contribution in [0.2, 0.25) is 0 Å². The van der Waals surface area contributed by atoms with Crippen LogP contribution in [0.15, 0.2) is 22.1 Å². The summed E-state index contributed by atoms with van der Waals surface area (Å²) in [6, 6.07) is 4.08. The molecule has 0 bridgehead atoms. The highest BCUT2D eigenvalue weighted by molar-refractivity contribution is 7.09. The lowest BCUT2D eigenvalue weighted by Gasteiger charge is -2.23. The van der Waals surface area contributed by atoms with Gasteiger partial charge in [-0.2, -0.15) is 0 Å². The summed E-state index contributed by atoms with van der Waals surface area (Å²) >= 11 is 1.68. The van der Waals surface area contributed by atoms with Crippen molar-refractivity contribution in [1.29, 1.82) is 0 Å². The maximum Gasteiger partial charge on any atom is 0.245 e. The third kappa shape index (κ3) is 3.70. The van der Waals surface area contributed by atoms with E-state index in [0.717, 1.165) is 13.1 Å². The van der Waals surface area contributed by atoms with Gasteiger partial charge in [-0.1, -0.05) is 6.07 Å². The highest BCUT2D eigenvalue weighted by atomic mass is 32.1. The minimum absolute atomic E-state index is 0.217. The number of nitrogens with one attached hydrogen (secondary N) is 1. The van der Waals surface area contributed by atoms with Crippen LogP contribution in [0.3, 0.4) is 0 Å². The fraction of sp³-hybridized carbons (Fsp3) is 0.471. The van der Waals surface area contributed by atoms with E-state index in [1.165, 1.54) is 4.88 Å². The average molecular weight is 387 g/mol. The number of hydrogen-bond acceptors (Lipinski definition) is 9. The molecule has 27 heavy (non-hydrogen) atoms. The number of rotatable bonds is 7. The monoisotopic (exact) mass is 387 g/mol. The van der Waals surface area contributed by atoms with Crippen molar-refractivity contribution in [3.8, 4) is 0 Å². The Labute approximate surface area is 160 Å². The van der Waals surface area contributed by atoms with Gasteiger partial charge in [0.2, 0.25) is 17.2 Å². The number of anilines is 2. The molecule has 0 unspecified atom stereocenters. The molecule has 1 atom stereocenters. The first kappa shape index (κ1) is 17.7. The summed E-state index contributed by atoms with van der Waals surface area (Å²) in [6.45, 7) is 4.90. The maximum atomic E-state index is 12.0. The largest absolute Gasteiger partial charge is 0.362 e. The van der Waals surface area contributed by atoms with Crippen LogP contribution in [0.1, 0.15) is 18.2 Å². The molecule has 1 aliphatic heterocycles. The van der Waals surface area contributed by atoms with Gasteiger partial charge < -0.3 is 15.1 Å². The number of nitrogens with zero attached hydrogens (tertiary/aromatic N) is 6. The number of likely N-dealkylation sites (tertiary alicyclic amines) is 1. The Morgan fingerprint density at radius 1 is 1.37 bits per heavy atom. The van der Waals surface area contributed by atoms with Crippen LogP contribution in [-0.4, -0.2) is 57.8 Å². The molecule has 4 rings (SSSR count). The standard InChI is InChI=1S/C17H21N7O2S/c1-3-24-10-11(7-13(24)25)9-23(2)17-16(18-8-12-5-4-6-27-12)19-14-15(20-17)22-26-21-14/h4-6,11H,3,7-10H2,1-2H3,(H,18,19,21)/t11-/m0/s1. The van der Waals surface area contributed by atoms with E-state index in [4.69, 9.17) is 4.63 Å². The molecule has 1 aliphatic rings. The Kier molecular flexibility index (Phi) is 4.88. The molecule has 1 amide bonds. The van der Waals surface area contributed by atoms with Crippen molar-refractivity contribution >= 4 is 40.2 Å². The second-order valence-corrected chi connectivity index (χ2v) is 7.66. The van der Waals surface area contributed by atoms with Crippen molar-refractivity contribution in [3.63, 3.8) is 0 Å². The topological polar surface area (TPSA) is 100 Å². The predicted octanol–water partition coefficient (Wildman–Crippen LogP) is 1.99. The number of hydrogen-bond donors (Lipinski definition) is 1. The van der Waals surface area contributed by atoms with Gasteiger partial charge in [-0.25, -0.2) is 14.6 Å². The summed E-state index contributed by atoms with van der Waals surface area (Å²) in [4.78, 5) is 26.2. The smallest absolute Gasteiger partial charge is 0.245 e. The molecule has 0 saturated carbocycles. The zero-order valence-electron chi connectivity index (χ0n) is 15.3. The van der Waals surface area contributed by atoms with Crippen molar-refractivity contribution < 1.29 is 9.42 Å². The van der Waals surface area contributed by atoms with Crippen LogP contribution in [0.4, 0.5) is 11.6 Å². The summed E-state index contributed by atoms with van der Waals surface area (Å²) in [6.07, 6.45) is 0.567. The fourth-order valence-electron chi connectivity index (χ4n) is 3.35. The van der Waals surface area contributed by atoms with Gasteiger partial charge in [0.15, 0.2) is 11.6 Å². The van der Waals surface area contributed by atoms with Crippen LogP contribution in [0.5, 0.6) is 0 Å². The fourth-order valence-corrected chi connectivity index (χ4v) is 4.00. The van der Waals surface area contributed by atoms with Crippen molar-refractivity contribution in [1.82, 2.24) is 25.2 Å². The molecule has 142 valence electrons. The first-order valence-electron chi connectivity index (χ1n) is 8.89. The SMILES string of the molecule is CCN1C[C@H](CN(C)c2nc3nonc3nc2NCc2cccs2)CC1=O. The predicted molar refractivity (Wildman–Crippen MR) is 103 cm³/mol. The van der Waals surface area contributed by atoms with E-state index in [-0.39, 0.29) is 11.8 Å².